The fourth-order valence-electron chi connectivity index (χ4n) is 1.74. The van der Waals surface area contributed by atoms with E-state index in [4.69, 9.17) is 9.84 Å². The van der Waals surface area contributed by atoms with E-state index >= 15 is 0 Å². The Bertz CT molecular complexity index is 418. The van der Waals surface area contributed by atoms with Crippen LogP contribution in [0.25, 0.3) is 0 Å². The first-order chi connectivity index (χ1) is 8.31. The molecule has 0 radical (unpaired) electrons. The van der Waals surface area contributed by atoms with E-state index in [0.717, 1.165) is 6.26 Å². The molecule has 104 valence electrons. The quantitative estimate of drug-likeness (QED) is 0.701. The van der Waals surface area contributed by atoms with Crippen molar-refractivity contribution in [2.75, 3.05) is 31.8 Å². The van der Waals surface area contributed by atoms with Crippen molar-refractivity contribution in [1.82, 2.24) is 4.90 Å². The summed E-state index contributed by atoms with van der Waals surface area (Å²) in [6.45, 7) is 0.517. The second-order valence-electron chi connectivity index (χ2n) is 4.25. The van der Waals surface area contributed by atoms with Gasteiger partial charge in [0.25, 0.3) is 0 Å². The number of carbonyl (C=O) groups excluding carboxylic acids is 1. The highest BCUT2D eigenvalue weighted by Crippen LogP contribution is 2.10. The van der Waals surface area contributed by atoms with Gasteiger partial charge in [-0.3, -0.25) is 4.79 Å². The maximum Gasteiger partial charge on any atom is 0.328 e. The number of morpholine rings is 1. The topological polar surface area (TPSA) is 101 Å². The third-order valence-electron chi connectivity index (χ3n) is 2.64. The number of aliphatic carboxylic acids is 1. The molecular formula is C10H17NO6S. The van der Waals surface area contributed by atoms with Gasteiger partial charge in [-0.1, -0.05) is 0 Å². The van der Waals surface area contributed by atoms with Crippen molar-refractivity contribution in [3.05, 3.63) is 0 Å². The van der Waals surface area contributed by atoms with Crippen molar-refractivity contribution in [1.29, 1.82) is 0 Å². The van der Waals surface area contributed by atoms with Crippen LogP contribution in [0, 0.1) is 0 Å². The Hall–Kier alpha value is -1.15. The summed E-state index contributed by atoms with van der Waals surface area (Å²) in [5.41, 5.74) is 0. The van der Waals surface area contributed by atoms with Crippen LogP contribution >= 0.6 is 0 Å². The van der Waals surface area contributed by atoms with Gasteiger partial charge in [0.05, 0.1) is 19.0 Å². The number of hydrogen-bond donors (Lipinski definition) is 1. The summed E-state index contributed by atoms with van der Waals surface area (Å²) in [5.74, 6) is -1.51. The standard InChI is InChI=1S/C10H17NO6S/c1-18(15,16)6-2-3-9(12)11-4-5-17-7-8(11)10(13)14/h8H,2-7H2,1H3,(H,13,14). The second kappa shape index (κ2) is 6.14. The number of hydrogen-bond acceptors (Lipinski definition) is 5. The molecule has 1 amide bonds. The van der Waals surface area contributed by atoms with Crippen molar-refractivity contribution in [3.8, 4) is 0 Å². The summed E-state index contributed by atoms with van der Waals surface area (Å²) >= 11 is 0. The molecule has 0 spiro atoms. The molecule has 0 aliphatic carbocycles. The van der Waals surface area contributed by atoms with Crippen LogP contribution in [0.2, 0.25) is 0 Å². The summed E-state index contributed by atoms with van der Waals surface area (Å²) < 4.78 is 26.9. The Morgan fingerprint density at radius 3 is 2.67 bits per heavy atom. The monoisotopic (exact) mass is 279 g/mol. The predicted molar refractivity (Wildman–Crippen MR) is 62.9 cm³/mol. The minimum atomic E-state index is -3.09. The van der Waals surface area contributed by atoms with Gasteiger partial charge in [-0.2, -0.15) is 0 Å². The third kappa shape index (κ3) is 4.61. The zero-order valence-corrected chi connectivity index (χ0v) is 11.0. The minimum Gasteiger partial charge on any atom is -0.480 e. The van der Waals surface area contributed by atoms with Crippen LogP contribution in [-0.4, -0.2) is 68.1 Å². The zero-order chi connectivity index (χ0) is 13.8. The molecule has 1 unspecified atom stereocenters. The number of amides is 1. The number of nitrogens with zero attached hydrogens (tertiary/aromatic N) is 1. The van der Waals surface area contributed by atoms with Gasteiger partial charge in [0.2, 0.25) is 5.91 Å². The molecule has 1 rings (SSSR count). The zero-order valence-electron chi connectivity index (χ0n) is 10.2. The molecule has 1 fully saturated rings. The highest BCUT2D eigenvalue weighted by Gasteiger charge is 2.32. The average molecular weight is 279 g/mol. The maximum atomic E-state index is 11.8. The maximum absolute atomic E-state index is 11.8. The van der Waals surface area contributed by atoms with E-state index in [2.05, 4.69) is 0 Å². The van der Waals surface area contributed by atoms with E-state index in [1.165, 1.54) is 4.90 Å². The van der Waals surface area contributed by atoms with Crippen LogP contribution in [0.5, 0.6) is 0 Å². The molecule has 0 aromatic rings. The van der Waals surface area contributed by atoms with Gasteiger partial charge in [-0.15, -0.1) is 0 Å². The van der Waals surface area contributed by atoms with Crippen molar-refractivity contribution in [2.24, 2.45) is 0 Å². The Morgan fingerprint density at radius 1 is 1.44 bits per heavy atom. The number of carboxylic acid groups (broad SMARTS) is 1. The molecule has 1 N–H and O–H groups in total. The van der Waals surface area contributed by atoms with Gasteiger partial charge in [-0.05, 0) is 6.42 Å². The number of carboxylic acids is 1. The van der Waals surface area contributed by atoms with Crippen LogP contribution in [0.15, 0.2) is 0 Å². The third-order valence-corrected chi connectivity index (χ3v) is 3.67. The van der Waals surface area contributed by atoms with E-state index in [1.807, 2.05) is 0 Å². The number of ether oxygens (including phenoxy) is 1. The molecule has 8 heteroatoms. The van der Waals surface area contributed by atoms with Crippen molar-refractivity contribution in [3.63, 3.8) is 0 Å². The molecule has 1 aliphatic rings. The molecule has 0 bridgehead atoms. The molecule has 0 aromatic heterocycles. The minimum absolute atomic E-state index is 0.0207. The summed E-state index contributed by atoms with van der Waals surface area (Å²) in [6, 6.07) is -0.968. The lowest BCUT2D eigenvalue weighted by Gasteiger charge is -2.32. The highest BCUT2D eigenvalue weighted by molar-refractivity contribution is 7.90. The molecule has 1 aliphatic heterocycles. The molecule has 7 nitrogen and oxygen atoms in total. The molecule has 0 aromatic carbocycles. The predicted octanol–water partition coefficient (Wildman–Crippen LogP) is -0.877. The second-order valence-corrected chi connectivity index (χ2v) is 6.51. The van der Waals surface area contributed by atoms with E-state index in [9.17, 15) is 18.0 Å². The summed E-state index contributed by atoms with van der Waals surface area (Å²) in [4.78, 5) is 24.0. The Balaban J connectivity index is 2.51. The van der Waals surface area contributed by atoms with Gasteiger partial charge < -0.3 is 14.7 Å². The Labute approximate surface area is 106 Å². The molecule has 1 atom stereocenters. The molecular weight excluding hydrogens is 262 g/mol. The van der Waals surface area contributed by atoms with Gasteiger partial charge in [0.15, 0.2) is 6.04 Å². The Morgan fingerprint density at radius 2 is 2.11 bits per heavy atom. The number of rotatable bonds is 5. The average Bonchev–Trinajstić information content (AvgIpc) is 2.27. The molecule has 0 saturated carbocycles. The van der Waals surface area contributed by atoms with Crippen molar-refractivity contribution in [2.45, 2.75) is 18.9 Å². The smallest absolute Gasteiger partial charge is 0.328 e. The van der Waals surface area contributed by atoms with E-state index in [0.29, 0.717) is 6.61 Å². The van der Waals surface area contributed by atoms with Gasteiger partial charge in [0.1, 0.15) is 9.84 Å². The first-order valence-electron chi connectivity index (χ1n) is 5.59. The summed E-state index contributed by atoms with van der Waals surface area (Å²) in [6.07, 6.45) is 1.35. The highest BCUT2D eigenvalue weighted by atomic mass is 32.2. The largest absolute Gasteiger partial charge is 0.480 e. The molecule has 1 heterocycles. The molecule has 1 saturated heterocycles. The van der Waals surface area contributed by atoms with Crippen LogP contribution in [0.1, 0.15) is 12.8 Å². The van der Waals surface area contributed by atoms with Gasteiger partial charge in [-0.25, -0.2) is 13.2 Å². The van der Waals surface area contributed by atoms with Crippen LogP contribution < -0.4 is 0 Å². The van der Waals surface area contributed by atoms with E-state index in [1.54, 1.807) is 0 Å². The first kappa shape index (κ1) is 14.9. The lowest BCUT2D eigenvalue weighted by molar-refractivity contribution is -0.158. The van der Waals surface area contributed by atoms with Gasteiger partial charge >= 0.3 is 5.97 Å². The Kier molecular flexibility index (Phi) is 5.09. The van der Waals surface area contributed by atoms with Crippen molar-refractivity contribution >= 4 is 21.7 Å². The van der Waals surface area contributed by atoms with Crippen LogP contribution in [0.3, 0.4) is 0 Å². The normalized spacial score (nSPS) is 20.7. The fourth-order valence-corrected chi connectivity index (χ4v) is 2.40. The fraction of sp³-hybridized carbons (Fsp3) is 0.800. The van der Waals surface area contributed by atoms with Gasteiger partial charge in [0, 0.05) is 19.2 Å². The SMILES string of the molecule is CS(=O)(=O)CCCC(=O)N1CCOCC1C(=O)O. The molecule has 18 heavy (non-hydrogen) atoms. The number of sulfone groups is 1. The lowest BCUT2D eigenvalue weighted by atomic mass is 10.2. The van der Waals surface area contributed by atoms with Crippen LogP contribution in [0.4, 0.5) is 0 Å². The lowest BCUT2D eigenvalue weighted by Crippen LogP contribution is -2.52. The first-order valence-corrected chi connectivity index (χ1v) is 7.65. The van der Waals surface area contributed by atoms with Crippen LogP contribution in [-0.2, 0) is 24.2 Å². The summed E-state index contributed by atoms with van der Waals surface area (Å²) in [7, 11) is -3.09. The summed E-state index contributed by atoms with van der Waals surface area (Å²) in [5, 5.41) is 8.94. The van der Waals surface area contributed by atoms with E-state index in [-0.39, 0.29) is 37.7 Å². The van der Waals surface area contributed by atoms with E-state index < -0.39 is 21.8 Å². The number of carbonyl (C=O) groups is 2. The van der Waals surface area contributed by atoms with Crippen molar-refractivity contribution < 1.29 is 27.9 Å².